The molecule has 1 heterocycles. The molecule has 1 aliphatic heterocycles. The van der Waals surface area contributed by atoms with Crippen molar-refractivity contribution in [1.29, 1.82) is 0 Å². The standard InChI is InChI=1S/C28H27ClN2O5/c29-25-17-19(27(32)33)9-10-26(25)31(12-11-30-13-15-35-16-14-30)28(34)36-18-24-22-7-3-1-5-20(22)21-6-2-4-8-23(21)24/h1-10,17,24H,11-16,18H2,(H,32,33). The molecule has 36 heavy (non-hydrogen) atoms. The number of halogens is 1. The van der Waals surface area contributed by atoms with Crippen molar-refractivity contribution in [2.24, 2.45) is 0 Å². The van der Waals surface area contributed by atoms with E-state index in [4.69, 9.17) is 21.1 Å². The summed E-state index contributed by atoms with van der Waals surface area (Å²) in [5.41, 5.74) is 5.07. The van der Waals surface area contributed by atoms with Crippen LogP contribution in [0.4, 0.5) is 10.5 Å². The molecule has 0 spiro atoms. The lowest BCUT2D eigenvalue weighted by atomic mass is 9.98. The van der Waals surface area contributed by atoms with E-state index in [1.807, 2.05) is 24.3 Å². The van der Waals surface area contributed by atoms with Crippen molar-refractivity contribution in [3.05, 3.63) is 88.4 Å². The molecule has 0 atom stereocenters. The van der Waals surface area contributed by atoms with Crippen LogP contribution in [0.1, 0.15) is 27.4 Å². The molecule has 0 radical (unpaired) electrons. The van der Waals surface area contributed by atoms with Gasteiger partial charge >= 0.3 is 12.1 Å². The van der Waals surface area contributed by atoms with Crippen LogP contribution in [0.5, 0.6) is 0 Å². The molecule has 1 fully saturated rings. The number of nitrogens with zero attached hydrogens (tertiary/aromatic N) is 2. The molecule has 0 aromatic heterocycles. The van der Waals surface area contributed by atoms with Gasteiger partial charge in [-0.25, -0.2) is 9.59 Å². The second-order valence-corrected chi connectivity index (χ2v) is 9.29. The number of fused-ring (bicyclic) bond motifs is 3. The van der Waals surface area contributed by atoms with E-state index in [2.05, 4.69) is 29.2 Å². The Morgan fingerprint density at radius 2 is 1.64 bits per heavy atom. The number of hydrogen-bond donors (Lipinski definition) is 1. The van der Waals surface area contributed by atoms with Gasteiger partial charge in [-0.3, -0.25) is 9.80 Å². The quantitative estimate of drug-likeness (QED) is 0.479. The normalized spacial score (nSPS) is 15.2. The third-order valence-corrected chi connectivity index (χ3v) is 7.09. The fourth-order valence-electron chi connectivity index (χ4n) is 4.91. The van der Waals surface area contributed by atoms with E-state index in [9.17, 15) is 14.7 Å². The van der Waals surface area contributed by atoms with Gasteiger partial charge in [0.2, 0.25) is 0 Å². The number of anilines is 1. The Morgan fingerprint density at radius 3 is 2.25 bits per heavy atom. The van der Waals surface area contributed by atoms with Crippen molar-refractivity contribution < 1.29 is 24.2 Å². The van der Waals surface area contributed by atoms with Gasteiger partial charge in [0.15, 0.2) is 0 Å². The van der Waals surface area contributed by atoms with Crippen LogP contribution in [0, 0.1) is 0 Å². The highest BCUT2D eigenvalue weighted by Gasteiger charge is 2.30. The summed E-state index contributed by atoms with van der Waals surface area (Å²) in [7, 11) is 0. The maximum absolute atomic E-state index is 13.5. The van der Waals surface area contributed by atoms with Gasteiger partial charge in [0.25, 0.3) is 0 Å². The molecule has 1 saturated heterocycles. The minimum atomic E-state index is -1.08. The lowest BCUT2D eigenvalue weighted by Gasteiger charge is -2.30. The highest BCUT2D eigenvalue weighted by molar-refractivity contribution is 6.34. The summed E-state index contributed by atoms with van der Waals surface area (Å²) in [4.78, 5) is 28.5. The first kappa shape index (κ1) is 24.3. The second kappa shape index (κ2) is 10.7. The van der Waals surface area contributed by atoms with E-state index in [1.54, 1.807) is 6.07 Å². The number of carbonyl (C=O) groups is 2. The Morgan fingerprint density at radius 1 is 1.00 bits per heavy atom. The Labute approximate surface area is 214 Å². The largest absolute Gasteiger partial charge is 0.478 e. The van der Waals surface area contributed by atoms with Crippen molar-refractivity contribution in [2.45, 2.75) is 5.92 Å². The number of aromatic carboxylic acids is 1. The molecular weight excluding hydrogens is 480 g/mol. The van der Waals surface area contributed by atoms with Crippen LogP contribution in [-0.4, -0.2) is 68.1 Å². The summed E-state index contributed by atoms with van der Waals surface area (Å²) < 4.78 is 11.3. The third kappa shape index (κ3) is 4.95. The van der Waals surface area contributed by atoms with Gasteiger partial charge in [-0.05, 0) is 40.5 Å². The molecule has 0 unspecified atom stereocenters. The van der Waals surface area contributed by atoms with Gasteiger partial charge in [-0.1, -0.05) is 60.1 Å². The average molecular weight is 507 g/mol. The van der Waals surface area contributed by atoms with Crippen molar-refractivity contribution in [3.63, 3.8) is 0 Å². The lowest BCUT2D eigenvalue weighted by molar-refractivity contribution is 0.0390. The summed E-state index contributed by atoms with van der Waals surface area (Å²) >= 11 is 6.45. The summed E-state index contributed by atoms with van der Waals surface area (Å²) in [6, 6.07) is 20.7. The summed E-state index contributed by atoms with van der Waals surface area (Å²) in [6.07, 6.45) is -0.518. The van der Waals surface area contributed by atoms with E-state index in [0.717, 1.165) is 35.3 Å². The van der Waals surface area contributed by atoms with Crippen LogP contribution in [0.15, 0.2) is 66.7 Å². The van der Waals surface area contributed by atoms with Gasteiger partial charge in [-0.2, -0.15) is 0 Å². The second-order valence-electron chi connectivity index (χ2n) is 8.88. The molecule has 1 N–H and O–H groups in total. The zero-order chi connectivity index (χ0) is 25.1. The van der Waals surface area contributed by atoms with Crippen LogP contribution in [0.2, 0.25) is 5.02 Å². The van der Waals surface area contributed by atoms with Crippen molar-refractivity contribution in [3.8, 4) is 11.1 Å². The molecular formula is C28H27ClN2O5. The molecule has 0 saturated carbocycles. The molecule has 8 heteroatoms. The van der Waals surface area contributed by atoms with Crippen LogP contribution in [-0.2, 0) is 9.47 Å². The molecule has 0 bridgehead atoms. The predicted octanol–water partition coefficient (Wildman–Crippen LogP) is 5.13. The van der Waals surface area contributed by atoms with Crippen LogP contribution < -0.4 is 4.90 Å². The minimum absolute atomic E-state index is 0.0596. The number of hydrogen-bond acceptors (Lipinski definition) is 5. The number of morpholine rings is 1. The lowest BCUT2D eigenvalue weighted by Crippen LogP contribution is -2.43. The number of carboxylic acid groups (broad SMARTS) is 1. The number of rotatable bonds is 7. The summed E-state index contributed by atoms with van der Waals surface area (Å²) in [5, 5.41) is 9.49. The summed E-state index contributed by atoms with van der Waals surface area (Å²) in [5.74, 6) is -1.14. The Balaban J connectivity index is 1.37. The van der Waals surface area contributed by atoms with Crippen LogP contribution >= 0.6 is 11.6 Å². The topological polar surface area (TPSA) is 79.3 Å². The smallest absolute Gasteiger partial charge is 0.414 e. The number of ether oxygens (including phenoxy) is 2. The summed E-state index contributed by atoms with van der Waals surface area (Å²) in [6.45, 7) is 4.02. The Hall–Kier alpha value is -3.39. The molecule has 3 aromatic rings. The average Bonchev–Trinajstić information content (AvgIpc) is 3.22. The molecule has 1 aliphatic carbocycles. The number of benzene rings is 3. The van der Waals surface area contributed by atoms with E-state index in [1.165, 1.54) is 17.0 Å². The van der Waals surface area contributed by atoms with Gasteiger partial charge < -0.3 is 14.6 Å². The fourth-order valence-corrected chi connectivity index (χ4v) is 5.19. The first-order valence-corrected chi connectivity index (χ1v) is 12.4. The number of amides is 1. The first-order valence-electron chi connectivity index (χ1n) is 12.0. The highest BCUT2D eigenvalue weighted by Crippen LogP contribution is 2.44. The van der Waals surface area contributed by atoms with E-state index >= 15 is 0 Å². The van der Waals surface area contributed by atoms with E-state index < -0.39 is 12.1 Å². The molecule has 3 aromatic carbocycles. The fraction of sp³-hybridized carbons (Fsp3) is 0.286. The van der Waals surface area contributed by atoms with Crippen LogP contribution in [0.3, 0.4) is 0 Å². The van der Waals surface area contributed by atoms with Crippen LogP contribution in [0.25, 0.3) is 11.1 Å². The third-order valence-electron chi connectivity index (χ3n) is 6.79. The van der Waals surface area contributed by atoms with Gasteiger partial charge in [0, 0.05) is 32.1 Å². The predicted molar refractivity (Wildman–Crippen MR) is 138 cm³/mol. The minimum Gasteiger partial charge on any atom is -0.478 e. The van der Waals surface area contributed by atoms with Gasteiger partial charge in [0.1, 0.15) is 6.61 Å². The number of carbonyl (C=O) groups excluding carboxylic acids is 1. The maximum atomic E-state index is 13.5. The monoisotopic (exact) mass is 506 g/mol. The molecule has 1 amide bonds. The maximum Gasteiger partial charge on any atom is 0.414 e. The molecule has 2 aliphatic rings. The van der Waals surface area contributed by atoms with Gasteiger partial charge in [-0.15, -0.1) is 0 Å². The van der Waals surface area contributed by atoms with Crippen molar-refractivity contribution >= 4 is 29.4 Å². The first-order chi connectivity index (χ1) is 17.5. The SMILES string of the molecule is O=C(O)c1ccc(N(CCN2CCOCC2)C(=O)OCC2c3ccccc3-c3ccccc32)c(Cl)c1. The van der Waals surface area contributed by atoms with E-state index in [0.29, 0.717) is 32.0 Å². The van der Waals surface area contributed by atoms with E-state index in [-0.39, 0.29) is 23.1 Å². The highest BCUT2D eigenvalue weighted by atomic mass is 35.5. The molecule has 186 valence electrons. The molecule has 7 nitrogen and oxygen atoms in total. The van der Waals surface area contributed by atoms with Gasteiger partial charge in [0.05, 0.1) is 29.5 Å². The number of carboxylic acids is 1. The van der Waals surface area contributed by atoms with Crippen molar-refractivity contribution in [2.75, 3.05) is 50.9 Å². The Bertz CT molecular complexity index is 1230. The molecule has 5 rings (SSSR count). The van der Waals surface area contributed by atoms with Crippen molar-refractivity contribution in [1.82, 2.24) is 4.90 Å². The zero-order valence-corrected chi connectivity index (χ0v) is 20.5. The zero-order valence-electron chi connectivity index (χ0n) is 19.7. The Kier molecular flexibility index (Phi) is 7.23.